The maximum absolute atomic E-state index is 13.7. The number of allylic oxidation sites excluding steroid dienone is 2. The number of rotatable bonds is 8. The topological polar surface area (TPSA) is 127 Å². The van der Waals surface area contributed by atoms with Gasteiger partial charge in [0.25, 0.3) is 23.4 Å². The summed E-state index contributed by atoms with van der Waals surface area (Å²) in [5.74, 6) is -2.97. The van der Waals surface area contributed by atoms with Crippen molar-refractivity contribution < 1.29 is 28.8 Å². The Morgan fingerprint density at radius 1 is 0.902 bits per heavy atom. The molecule has 1 heterocycles. The lowest BCUT2D eigenvalue weighted by Gasteiger charge is -2.30. The summed E-state index contributed by atoms with van der Waals surface area (Å²) in [5, 5.41) is 12.8. The second kappa shape index (κ2) is 11.5. The van der Waals surface area contributed by atoms with E-state index in [1.807, 2.05) is 12.2 Å². The monoisotopic (exact) mass is 593 g/mol. The van der Waals surface area contributed by atoms with E-state index in [2.05, 4.69) is 0 Å². The number of ketones is 1. The number of nitro benzene ring substituents is 1. The standard InChI is InChI=1S/C29H21Cl2N3O7/c30-18-7-14-24(25(31)15-18)27(36)32(33-28(37)22-3-1-2-4-23(22)29(33)38)16-26(35)17-5-10-20(11-6-17)41-21-12-8-19(9-13-21)34(39)40/h1-2,5-15,22-23H,3-4,16H2/t22-,23-/m1/s1. The van der Waals surface area contributed by atoms with Gasteiger partial charge in [-0.25, -0.2) is 5.01 Å². The first-order valence-electron chi connectivity index (χ1n) is 12.5. The van der Waals surface area contributed by atoms with E-state index in [4.69, 9.17) is 27.9 Å². The van der Waals surface area contributed by atoms with E-state index < -0.39 is 46.8 Å². The fourth-order valence-electron chi connectivity index (χ4n) is 4.76. The highest BCUT2D eigenvalue weighted by atomic mass is 35.5. The minimum Gasteiger partial charge on any atom is -0.457 e. The smallest absolute Gasteiger partial charge is 0.274 e. The SMILES string of the molecule is O=C(CN(C(=O)c1ccc(Cl)cc1Cl)N1C(=O)[C@@H]2CC=CC[C@H]2C1=O)c1ccc(Oc2ccc([N+](=O)[O-])cc2)cc1. The first-order chi connectivity index (χ1) is 19.6. The molecule has 208 valence electrons. The molecule has 0 spiro atoms. The Hall–Kier alpha value is -4.54. The molecule has 0 N–H and O–H groups in total. The largest absolute Gasteiger partial charge is 0.457 e. The lowest BCUT2D eigenvalue weighted by atomic mass is 9.85. The molecule has 2 aliphatic rings. The van der Waals surface area contributed by atoms with Crippen LogP contribution in [0, 0.1) is 22.0 Å². The van der Waals surface area contributed by atoms with Gasteiger partial charge in [0.15, 0.2) is 5.78 Å². The summed E-state index contributed by atoms with van der Waals surface area (Å²) < 4.78 is 5.68. The van der Waals surface area contributed by atoms with Crippen LogP contribution in [0.2, 0.25) is 10.0 Å². The van der Waals surface area contributed by atoms with Gasteiger partial charge in [-0.05, 0) is 67.4 Å². The Balaban J connectivity index is 1.39. The number of nitrogens with zero attached hydrogens (tertiary/aromatic N) is 3. The summed E-state index contributed by atoms with van der Waals surface area (Å²) >= 11 is 12.2. The minimum absolute atomic E-state index is 0.00544. The third-order valence-electron chi connectivity index (χ3n) is 6.87. The van der Waals surface area contributed by atoms with Crippen LogP contribution in [-0.4, -0.2) is 45.0 Å². The summed E-state index contributed by atoms with van der Waals surface area (Å²) in [6, 6.07) is 15.6. The Bertz CT molecular complexity index is 1560. The predicted molar refractivity (Wildman–Crippen MR) is 149 cm³/mol. The van der Waals surface area contributed by atoms with Crippen LogP contribution < -0.4 is 4.74 Å². The second-order valence-electron chi connectivity index (χ2n) is 9.43. The molecule has 2 atom stereocenters. The van der Waals surface area contributed by atoms with Gasteiger partial charge in [-0.15, -0.1) is 0 Å². The van der Waals surface area contributed by atoms with Gasteiger partial charge in [-0.3, -0.25) is 29.3 Å². The van der Waals surface area contributed by atoms with Crippen molar-refractivity contribution in [1.29, 1.82) is 0 Å². The Morgan fingerprint density at radius 3 is 2.00 bits per heavy atom. The van der Waals surface area contributed by atoms with Gasteiger partial charge in [0.1, 0.15) is 18.0 Å². The molecule has 0 saturated carbocycles. The number of hydrogen-bond donors (Lipinski definition) is 0. The fourth-order valence-corrected chi connectivity index (χ4v) is 5.25. The molecule has 12 heteroatoms. The number of carbonyl (C=O) groups is 4. The van der Waals surface area contributed by atoms with E-state index in [0.717, 1.165) is 10.0 Å². The highest BCUT2D eigenvalue weighted by Crippen LogP contribution is 2.37. The lowest BCUT2D eigenvalue weighted by molar-refractivity contribution is -0.384. The number of fused-ring (bicyclic) bond motifs is 1. The van der Waals surface area contributed by atoms with Crippen molar-refractivity contribution in [2.75, 3.05) is 6.54 Å². The van der Waals surface area contributed by atoms with E-state index in [0.29, 0.717) is 24.3 Å². The number of hydrazine groups is 1. The molecule has 3 aromatic carbocycles. The summed E-state index contributed by atoms with van der Waals surface area (Å²) in [6.45, 7) is -0.606. The lowest BCUT2D eigenvalue weighted by Crippen LogP contribution is -2.52. The Kier molecular flexibility index (Phi) is 7.87. The summed E-state index contributed by atoms with van der Waals surface area (Å²) in [5.41, 5.74) is 0.0892. The number of benzene rings is 3. The molecule has 3 amide bonds. The maximum atomic E-state index is 13.7. The summed E-state index contributed by atoms with van der Waals surface area (Å²) in [4.78, 5) is 64.0. The average molecular weight is 594 g/mol. The number of imide groups is 1. The van der Waals surface area contributed by atoms with E-state index in [1.165, 1.54) is 66.7 Å². The van der Waals surface area contributed by atoms with Gasteiger partial charge in [-0.1, -0.05) is 35.4 Å². The Morgan fingerprint density at radius 2 is 1.46 bits per heavy atom. The van der Waals surface area contributed by atoms with Crippen LogP contribution in [0.15, 0.2) is 78.9 Å². The van der Waals surface area contributed by atoms with Crippen LogP contribution in [-0.2, 0) is 9.59 Å². The van der Waals surface area contributed by atoms with E-state index in [-0.39, 0.29) is 26.9 Å². The fraction of sp³-hybridized carbons (Fsp3) is 0.172. The van der Waals surface area contributed by atoms with E-state index in [1.54, 1.807) is 0 Å². The normalized spacial score (nSPS) is 17.8. The Labute approximate surface area is 243 Å². The molecule has 1 aliphatic heterocycles. The third-order valence-corrected chi connectivity index (χ3v) is 7.42. The minimum atomic E-state index is -0.800. The van der Waals surface area contributed by atoms with Crippen molar-refractivity contribution in [2.45, 2.75) is 12.8 Å². The number of Topliss-reactive ketones (excluding diaryl/α,β-unsaturated/α-hetero) is 1. The zero-order valence-electron chi connectivity index (χ0n) is 21.2. The molecule has 0 radical (unpaired) electrons. The number of non-ortho nitro benzene ring substituents is 1. The highest BCUT2D eigenvalue weighted by Gasteiger charge is 2.51. The van der Waals surface area contributed by atoms with Crippen LogP contribution in [0.1, 0.15) is 33.6 Å². The highest BCUT2D eigenvalue weighted by molar-refractivity contribution is 6.36. The first kappa shape index (κ1) is 28.0. The van der Waals surface area contributed by atoms with Crippen molar-refractivity contribution in [1.82, 2.24) is 10.0 Å². The van der Waals surface area contributed by atoms with Gasteiger partial charge in [-0.2, -0.15) is 5.01 Å². The number of nitro groups is 1. The number of hydrogen-bond acceptors (Lipinski definition) is 7. The van der Waals surface area contributed by atoms with Crippen molar-refractivity contribution >= 4 is 52.4 Å². The van der Waals surface area contributed by atoms with Crippen LogP contribution in [0.25, 0.3) is 0 Å². The summed E-state index contributed by atoms with van der Waals surface area (Å²) in [7, 11) is 0. The van der Waals surface area contributed by atoms with Gasteiger partial charge in [0.05, 0.1) is 27.3 Å². The van der Waals surface area contributed by atoms with Crippen LogP contribution in [0.5, 0.6) is 11.5 Å². The van der Waals surface area contributed by atoms with Crippen LogP contribution in [0.4, 0.5) is 5.69 Å². The molecule has 5 rings (SSSR count). The molecule has 1 saturated heterocycles. The maximum Gasteiger partial charge on any atom is 0.274 e. The van der Waals surface area contributed by atoms with Crippen molar-refractivity contribution in [3.63, 3.8) is 0 Å². The summed E-state index contributed by atoms with van der Waals surface area (Å²) in [6.07, 6.45) is 4.37. The van der Waals surface area contributed by atoms with E-state index >= 15 is 0 Å². The van der Waals surface area contributed by atoms with Gasteiger partial charge in [0, 0.05) is 22.7 Å². The molecule has 41 heavy (non-hydrogen) atoms. The van der Waals surface area contributed by atoms with Crippen LogP contribution in [0.3, 0.4) is 0 Å². The van der Waals surface area contributed by atoms with Crippen molar-refractivity contribution in [3.05, 3.63) is 110 Å². The van der Waals surface area contributed by atoms with E-state index in [9.17, 15) is 29.3 Å². The third kappa shape index (κ3) is 5.70. The first-order valence-corrected chi connectivity index (χ1v) is 13.2. The number of carbonyl (C=O) groups excluding carboxylic acids is 4. The molecule has 3 aromatic rings. The average Bonchev–Trinajstić information content (AvgIpc) is 3.21. The van der Waals surface area contributed by atoms with Gasteiger partial charge >= 0.3 is 0 Å². The predicted octanol–water partition coefficient (Wildman–Crippen LogP) is 5.89. The molecular formula is C29H21Cl2N3O7. The second-order valence-corrected chi connectivity index (χ2v) is 10.3. The molecule has 10 nitrogen and oxygen atoms in total. The molecule has 0 unspecified atom stereocenters. The molecule has 0 bridgehead atoms. The molecule has 0 aromatic heterocycles. The van der Waals surface area contributed by atoms with Crippen LogP contribution >= 0.6 is 23.2 Å². The van der Waals surface area contributed by atoms with Crippen molar-refractivity contribution in [3.8, 4) is 11.5 Å². The van der Waals surface area contributed by atoms with Gasteiger partial charge < -0.3 is 4.74 Å². The molecule has 1 aliphatic carbocycles. The van der Waals surface area contributed by atoms with Gasteiger partial charge in [0.2, 0.25) is 0 Å². The molecular weight excluding hydrogens is 573 g/mol. The number of halogens is 2. The van der Waals surface area contributed by atoms with Crippen molar-refractivity contribution in [2.24, 2.45) is 11.8 Å². The zero-order valence-corrected chi connectivity index (χ0v) is 22.7. The quantitative estimate of drug-likeness (QED) is 0.105. The molecule has 1 fully saturated rings. The zero-order chi connectivity index (χ0) is 29.3. The number of amides is 3. The number of ether oxygens (including phenoxy) is 1.